The molecule has 2 aliphatic rings. The topological polar surface area (TPSA) is 138 Å². The maximum atomic E-state index is 14.9. The summed E-state index contributed by atoms with van der Waals surface area (Å²) in [6, 6.07) is -6.35. The van der Waals surface area contributed by atoms with E-state index in [4.69, 9.17) is 19.8 Å². The third-order valence-electron chi connectivity index (χ3n) is 5.76. The Morgan fingerprint density at radius 2 is 2.22 bits per heavy atom. The number of nitrogens with zero attached hydrogens (tertiary/aromatic N) is 5. The van der Waals surface area contributed by atoms with Gasteiger partial charge in [0.1, 0.15) is 18.0 Å². The van der Waals surface area contributed by atoms with Crippen molar-refractivity contribution in [3.05, 3.63) is 35.1 Å². The van der Waals surface area contributed by atoms with Crippen LogP contribution >= 0.6 is 11.8 Å². The number of ether oxygens (including phenoxy) is 1. The number of hydrogen-bond acceptors (Lipinski definition) is 10. The summed E-state index contributed by atoms with van der Waals surface area (Å²) in [4.78, 5) is 8.55. The summed E-state index contributed by atoms with van der Waals surface area (Å²) < 4.78 is 112. The number of nitrogens with one attached hydrogen (secondary N) is 1. The lowest BCUT2D eigenvalue weighted by Crippen LogP contribution is -2.33. The Labute approximate surface area is 227 Å². The summed E-state index contributed by atoms with van der Waals surface area (Å²) in [6.45, 7) is -0.811. The molecule has 0 saturated heterocycles. The molecule has 4 N–H and O–H groups in total. The lowest BCUT2D eigenvalue weighted by atomic mass is 10.1. The van der Waals surface area contributed by atoms with Crippen molar-refractivity contribution < 1.29 is 39.5 Å². The Hall–Kier alpha value is -2.38. The standard InChI is InChI=1S/C24H31FN6O4S/c1-3-8-36-24-27-22(26-16-10-14(16)13-5-4-12(2)15(25)9-13)19-23(28-24)31(30-29-19)17-11-18(35-7-6-32)21(34)20(17)33/h4-5,9,14,16-18,20-21,32-34H,3,6-8,10-11H2,1-2H3,(H,26,27,28)/t14-,16+,17+,18-,20-,21+/m0/s1/i4D,5D,6D2,8D2,9D,10D2,14D,16D. The normalized spacial score (nSPS) is 38.3. The molecule has 5 rings (SSSR count). The molecule has 194 valence electrons. The second-order valence-electron chi connectivity index (χ2n) is 8.14. The van der Waals surface area contributed by atoms with Crippen LogP contribution in [0.5, 0.6) is 0 Å². The van der Waals surface area contributed by atoms with Crippen LogP contribution in [0.2, 0.25) is 0 Å². The molecular formula is C24H31FN6O4S. The number of thioether (sulfide) groups is 1. The van der Waals surface area contributed by atoms with E-state index in [9.17, 15) is 19.7 Å². The maximum absolute atomic E-state index is 14.9. The summed E-state index contributed by atoms with van der Waals surface area (Å²) in [5.41, 5.74) is -3.52. The molecule has 2 heterocycles. The molecule has 0 radical (unpaired) electrons. The molecule has 3 aromatic rings. The van der Waals surface area contributed by atoms with Crippen LogP contribution in [0.25, 0.3) is 11.2 Å². The van der Waals surface area contributed by atoms with Crippen molar-refractivity contribution in [2.45, 2.75) is 74.5 Å². The van der Waals surface area contributed by atoms with Crippen molar-refractivity contribution in [1.82, 2.24) is 25.0 Å². The Morgan fingerprint density at radius 1 is 1.39 bits per heavy atom. The average Bonchev–Trinajstić information content (AvgIpc) is 3.35. The molecule has 0 amide bonds. The molecule has 0 bridgehead atoms. The predicted molar refractivity (Wildman–Crippen MR) is 133 cm³/mol. The van der Waals surface area contributed by atoms with E-state index < -0.39 is 96.8 Å². The Bertz CT molecular complexity index is 1710. The molecule has 10 nitrogen and oxygen atoms in total. The lowest BCUT2D eigenvalue weighted by molar-refractivity contribution is -0.0629. The number of fused-ring (bicyclic) bond motifs is 1. The molecule has 0 aliphatic heterocycles. The lowest BCUT2D eigenvalue weighted by Gasteiger charge is -2.17. The van der Waals surface area contributed by atoms with E-state index in [0.717, 1.165) is 11.6 Å². The van der Waals surface area contributed by atoms with Gasteiger partial charge in [0, 0.05) is 30.9 Å². The molecule has 1 aromatic carbocycles. The first-order valence-corrected chi connectivity index (χ1v) is 11.9. The van der Waals surface area contributed by atoms with Crippen molar-refractivity contribution in [3.63, 3.8) is 0 Å². The van der Waals surface area contributed by atoms with Gasteiger partial charge in [-0.1, -0.05) is 36.0 Å². The highest BCUT2D eigenvalue weighted by atomic mass is 32.2. The van der Waals surface area contributed by atoms with Gasteiger partial charge in [-0.15, -0.1) is 5.10 Å². The molecule has 2 aliphatic carbocycles. The van der Waals surface area contributed by atoms with Gasteiger partial charge in [0.25, 0.3) is 0 Å². The summed E-state index contributed by atoms with van der Waals surface area (Å²) in [7, 11) is 0. The van der Waals surface area contributed by atoms with Gasteiger partial charge < -0.3 is 25.4 Å². The van der Waals surface area contributed by atoms with E-state index in [1.807, 2.05) is 0 Å². The van der Waals surface area contributed by atoms with Crippen LogP contribution in [0, 0.1) is 12.7 Å². The first-order chi connectivity index (χ1) is 21.5. The number of anilines is 1. The van der Waals surface area contributed by atoms with Gasteiger partial charge in [0.2, 0.25) is 0 Å². The van der Waals surface area contributed by atoms with Crippen LogP contribution in [0.4, 0.5) is 10.2 Å². The van der Waals surface area contributed by atoms with Crippen LogP contribution in [-0.2, 0) is 4.74 Å². The highest BCUT2D eigenvalue weighted by Crippen LogP contribution is 2.44. The summed E-state index contributed by atoms with van der Waals surface area (Å²) in [5.74, 6) is -4.47. The molecule has 36 heavy (non-hydrogen) atoms. The van der Waals surface area contributed by atoms with Crippen LogP contribution in [0.3, 0.4) is 0 Å². The average molecular weight is 530 g/mol. The van der Waals surface area contributed by atoms with Crippen molar-refractivity contribution in [2.75, 3.05) is 24.2 Å². The van der Waals surface area contributed by atoms with E-state index in [2.05, 4.69) is 25.6 Å². The summed E-state index contributed by atoms with van der Waals surface area (Å²) >= 11 is 0.555. The minimum absolute atomic E-state index is 0.00198. The van der Waals surface area contributed by atoms with Crippen molar-refractivity contribution in [1.29, 1.82) is 0 Å². The van der Waals surface area contributed by atoms with Crippen molar-refractivity contribution in [2.24, 2.45) is 0 Å². The van der Waals surface area contributed by atoms with Gasteiger partial charge in [-0.3, -0.25) is 0 Å². The number of aliphatic hydroxyl groups is 3. The summed E-state index contributed by atoms with van der Waals surface area (Å²) in [5, 5.41) is 41.0. The highest BCUT2D eigenvalue weighted by molar-refractivity contribution is 7.99. The fourth-order valence-corrected chi connectivity index (χ4v) is 4.43. The van der Waals surface area contributed by atoms with Crippen molar-refractivity contribution >= 4 is 28.7 Å². The Kier molecular flexibility index (Phi) is 4.43. The molecule has 6 atom stereocenters. The smallest absolute Gasteiger partial charge is 0.191 e. The molecule has 12 heteroatoms. The van der Waals surface area contributed by atoms with Gasteiger partial charge in [0.15, 0.2) is 22.1 Å². The Morgan fingerprint density at radius 3 is 3.00 bits per heavy atom. The van der Waals surface area contributed by atoms with Crippen LogP contribution in [-0.4, -0.2) is 83.5 Å². The van der Waals surface area contributed by atoms with Crippen LogP contribution in [0.1, 0.15) is 64.3 Å². The van der Waals surface area contributed by atoms with E-state index in [0.29, 0.717) is 11.8 Å². The predicted octanol–water partition coefficient (Wildman–Crippen LogP) is 2.18. The largest absolute Gasteiger partial charge is 0.394 e. The van der Waals surface area contributed by atoms with Gasteiger partial charge in [-0.2, -0.15) is 0 Å². The second kappa shape index (κ2) is 10.5. The Balaban J connectivity index is 1.61. The van der Waals surface area contributed by atoms with Gasteiger partial charge in [-0.25, -0.2) is 19.0 Å². The second-order valence-corrected chi connectivity index (χ2v) is 9.00. The molecule has 2 aromatic heterocycles. The highest BCUT2D eigenvalue weighted by Gasteiger charge is 2.45. The van der Waals surface area contributed by atoms with Gasteiger partial charge >= 0.3 is 0 Å². The minimum atomic E-state index is -2.91. The van der Waals surface area contributed by atoms with Crippen molar-refractivity contribution in [3.8, 4) is 0 Å². The first kappa shape index (κ1) is 15.1. The number of rotatable bonds is 10. The zero-order valence-corrected chi connectivity index (χ0v) is 20.0. The zero-order valence-electron chi connectivity index (χ0n) is 30.2. The van der Waals surface area contributed by atoms with Gasteiger partial charge in [0.05, 0.1) is 33.5 Å². The quantitative estimate of drug-likeness (QED) is 0.228. The number of benzene rings is 1. The fraction of sp³-hybridized carbons (Fsp3) is 0.583. The molecule has 0 unspecified atom stereocenters. The van der Waals surface area contributed by atoms with E-state index in [1.165, 1.54) is 0 Å². The first-order valence-electron chi connectivity index (χ1n) is 16.6. The maximum Gasteiger partial charge on any atom is 0.191 e. The SMILES string of the molecule is [2H]c1c([2H])c([C@]2([2H])C([2H])([2H])[C@@]2([2H])Nc2nc(SC([2H])([2H])CC)nc3c2nnn3[C@@H]2C[C@H](OCC([2H])([2H])O)[C@@H](O)[C@H]2O)c([2H])c(F)c1C. The minimum Gasteiger partial charge on any atom is -0.394 e. The zero-order chi connectivity index (χ0) is 35.2. The number of aromatic nitrogens is 5. The number of halogens is 1. The summed E-state index contributed by atoms with van der Waals surface area (Å²) in [6.07, 6.45) is -7.37. The van der Waals surface area contributed by atoms with Crippen LogP contribution < -0.4 is 5.32 Å². The monoisotopic (exact) mass is 529 g/mol. The van der Waals surface area contributed by atoms with E-state index in [-0.39, 0.29) is 34.7 Å². The van der Waals surface area contributed by atoms with E-state index in [1.54, 1.807) is 6.92 Å². The third-order valence-corrected chi connectivity index (χ3v) is 6.55. The molecular weight excluding hydrogens is 487 g/mol. The molecule has 0 spiro atoms. The number of aliphatic hydroxyl groups excluding tert-OH is 2. The molecule has 2 fully saturated rings. The number of hydrogen-bond donors (Lipinski definition) is 4. The fourth-order valence-electron chi connectivity index (χ4n) is 3.89. The van der Waals surface area contributed by atoms with Gasteiger partial charge in [-0.05, 0) is 36.9 Å². The molecule has 2 saturated carbocycles. The van der Waals surface area contributed by atoms with E-state index >= 15 is 0 Å². The van der Waals surface area contributed by atoms with Crippen LogP contribution in [0.15, 0.2) is 23.3 Å². The third kappa shape index (κ3) is 4.92.